The molecule has 0 spiro atoms. The number of terminal acetylenes is 1. The van der Waals surface area contributed by atoms with Gasteiger partial charge in [-0.05, 0) is 65.6 Å². The second-order valence-corrected chi connectivity index (χ2v) is 12.9. The minimum atomic E-state index is -4.58. The number of rotatable bonds is 7. The normalized spacial score (nSPS) is 11.2. The second-order valence-electron chi connectivity index (χ2n) is 11.0. The quantitative estimate of drug-likeness (QED) is 0.0949. The first kappa shape index (κ1) is 40.8. The molecule has 0 aliphatic carbocycles. The molecular weight excluding hydrogens is 803 g/mol. The molecule has 2 aromatic heterocycles. The number of carbonyl (C=O) groups is 3. The van der Waals surface area contributed by atoms with Gasteiger partial charge in [0.2, 0.25) is 0 Å². The fourth-order valence-corrected chi connectivity index (χ4v) is 6.61. The lowest BCUT2D eigenvalue weighted by Crippen LogP contribution is -2.15. The van der Waals surface area contributed by atoms with Gasteiger partial charge in [-0.15, -0.1) is 6.42 Å². The third-order valence-corrected chi connectivity index (χ3v) is 9.31. The number of hydrogen-bond acceptors (Lipinski definition) is 7. The van der Waals surface area contributed by atoms with Crippen molar-refractivity contribution in [2.24, 2.45) is 0 Å². The van der Waals surface area contributed by atoms with Crippen LogP contribution in [0.1, 0.15) is 48.0 Å². The van der Waals surface area contributed by atoms with E-state index in [2.05, 4.69) is 26.5 Å². The highest BCUT2D eigenvalue weighted by Gasteiger charge is 2.32. The summed E-state index contributed by atoms with van der Waals surface area (Å²) in [5.74, 6) is -4.33. The van der Waals surface area contributed by atoms with Gasteiger partial charge in [0.05, 0.1) is 20.9 Å². The average molecular weight is 821 g/mol. The number of alkyl halides is 6. The van der Waals surface area contributed by atoms with Crippen molar-refractivity contribution in [3.63, 3.8) is 0 Å². The molecule has 0 saturated carbocycles. The first-order valence-corrected chi connectivity index (χ1v) is 16.8. The molecule has 6 rings (SSSR count). The Balaban J connectivity index is 0.000000214. The Bertz CT molecular complexity index is 2460. The van der Waals surface area contributed by atoms with E-state index in [-0.39, 0.29) is 42.5 Å². The van der Waals surface area contributed by atoms with Gasteiger partial charge >= 0.3 is 12.4 Å². The zero-order valence-corrected chi connectivity index (χ0v) is 29.1. The fraction of sp³-hybridized carbons (Fsp3) is 0.0541. The number of nitrogens with one attached hydrogen (secondary N) is 2. The number of thiazole rings is 2. The predicted molar refractivity (Wildman–Crippen MR) is 187 cm³/mol. The average Bonchev–Trinajstić information content (AvgIpc) is 3.75. The molecule has 7 nitrogen and oxygen atoms in total. The SMILES string of the molecule is C#Cc1nc(NC(=O)c2c(F)cccc2F)sc1-c1cccc(C(F)(F)F)c1.O=Cc1nc(NC(=O)c2c(F)cccc2F)sc1-c1cccc(C(F)(F)F)c1. The lowest BCUT2D eigenvalue weighted by atomic mass is 10.1. The Kier molecular flexibility index (Phi) is 12.0. The topological polar surface area (TPSA) is 101 Å². The highest BCUT2D eigenvalue weighted by molar-refractivity contribution is 7.19. The van der Waals surface area contributed by atoms with Crippen molar-refractivity contribution in [3.05, 3.63) is 142 Å². The lowest BCUT2D eigenvalue weighted by molar-refractivity contribution is -0.138. The van der Waals surface area contributed by atoms with E-state index in [4.69, 9.17) is 6.42 Å². The van der Waals surface area contributed by atoms with Gasteiger partial charge in [0.1, 0.15) is 45.8 Å². The first-order chi connectivity index (χ1) is 26.4. The van der Waals surface area contributed by atoms with Crippen molar-refractivity contribution in [2.75, 3.05) is 10.6 Å². The third kappa shape index (κ3) is 9.27. The minimum Gasteiger partial charge on any atom is -0.298 e. The van der Waals surface area contributed by atoms with Crippen LogP contribution in [-0.2, 0) is 12.4 Å². The van der Waals surface area contributed by atoms with Crippen molar-refractivity contribution >= 4 is 51.0 Å². The molecule has 2 N–H and O–H groups in total. The van der Waals surface area contributed by atoms with E-state index in [1.807, 2.05) is 0 Å². The van der Waals surface area contributed by atoms with Gasteiger partial charge in [-0.2, -0.15) is 26.3 Å². The second kappa shape index (κ2) is 16.5. The summed E-state index contributed by atoms with van der Waals surface area (Å²) in [7, 11) is 0. The number of hydrogen-bond donors (Lipinski definition) is 2. The number of aldehydes is 1. The molecule has 6 aromatic rings. The third-order valence-electron chi connectivity index (χ3n) is 7.25. The molecule has 2 amide bonds. The van der Waals surface area contributed by atoms with Gasteiger partial charge < -0.3 is 0 Å². The molecule has 0 saturated heterocycles. The molecular formula is C37H18F10N4O3S2. The van der Waals surface area contributed by atoms with E-state index in [0.29, 0.717) is 17.6 Å². The van der Waals surface area contributed by atoms with Crippen LogP contribution in [0.5, 0.6) is 0 Å². The van der Waals surface area contributed by atoms with E-state index in [1.165, 1.54) is 24.3 Å². The fourth-order valence-electron chi connectivity index (χ4n) is 4.76. The number of anilines is 2. The Labute approximate surface area is 316 Å². The van der Waals surface area contributed by atoms with E-state index >= 15 is 0 Å². The highest BCUT2D eigenvalue weighted by Crippen LogP contribution is 2.38. The van der Waals surface area contributed by atoms with E-state index in [9.17, 15) is 58.3 Å². The smallest absolute Gasteiger partial charge is 0.298 e. The molecule has 0 unspecified atom stereocenters. The molecule has 0 atom stereocenters. The van der Waals surface area contributed by atoms with E-state index < -0.39 is 69.7 Å². The Morgan fingerprint density at radius 1 is 0.625 bits per heavy atom. The number of amides is 2. The molecule has 2 heterocycles. The number of carbonyl (C=O) groups excluding carboxylic acids is 3. The van der Waals surface area contributed by atoms with Gasteiger partial charge in [-0.3, -0.25) is 25.0 Å². The lowest BCUT2D eigenvalue weighted by Gasteiger charge is -2.07. The molecule has 0 aliphatic heterocycles. The molecule has 4 aromatic carbocycles. The van der Waals surface area contributed by atoms with Crippen LogP contribution in [0.4, 0.5) is 54.2 Å². The number of halogens is 10. The van der Waals surface area contributed by atoms with Gasteiger partial charge in [0.25, 0.3) is 11.8 Å². The van der Waals surface area contributed by atoms with Crippen LogP contribution in [0.3, 0.4) is 0 Å². The summed E-state index contributed by atoms with van der Waals surface area (Å²) in [5, 5.41) is 4.08. The van der Waals surface area contributed by atoms with Crippen LogP contribution in [0.15, 0.2) is 84.9 Å². The summed E-state index contributed by atoms with van der Waals surface area (Å²) >= 11 is 1.50. The number of benzene rings is 4. The van der Waals surface area contributed by atoms with Crippen molar-refractivity contribution in [1.82, 2.24) is 9.97 Å². The Morgan fingerprint density at radius 2 is 1.02 bits per heavy atom. The van der Waals surface area contributed by atoms with Crippen LogP contribution in [0.25, 0.3) is 20.9 Å². The maximum absolute atomic E-state index is 13.7. The monoisotopic (exact) mass is 820 g/mol. The minimum absolute atomic E-state index is 0.00590. The van der Waals surface area contributed by atoms with Gasteiger partial charge in [0, 0.05) is 0 Å². The molecule has 56 heavy (non-hydrogen) atoms. The van der Waals surface area contributed by atoms with Crippen LogP contribution in [-0.4, -0.2) is 28.1 Å². The summed E-state index contributed by atoms with van der Waals surface area (Å²) in [6, 6.07) is 14.5. The van der Waals surface area contributed by atoms with Gasteiger partial charge in [-0.25, -0.2) is 27.5 Å². The summed E-state index contributed by atoms with van der Waals surface area (Å²) in [6.07, 6.45) is -3.46. The molecule has 286 valence electrons. The standard InChI is InChI=1S/C19H9F5N2OS.C18H9F5N2O2S/c1-2-14-16(10-5-3-6-11(9-10)19(22,23)24)28-18(25-14)26-17(27)15-12(20)7-4-8-13(15)21;19-11-5-2-6-12(20)14(11)16(27)25-17-24-13(8-26)15(28-17)9-3-1-4-10(7-9)18(21,22)23/h1,3-9H,(H,25,26,27);1-8H,(H,24,25,27). The summed E-state index contributed by atoms with van der Waals surface area (Å²) in [5.41, 5.74) is -3.45. The largest absolute Gasteiger partial charge is 0.416 e. The molecule has 0 bridgehead atoms. The first-order valence-electron chi connectivity index (χ1n) is 15.2. The predicted octanol–water partition coefficient (Wildman–Crippen LogP) is 10.5. The summed E-state index contributed by atoms with van der Waals surface area (Å²) < 4.78 is 132. The number of aromatic nitrogens is 2. The van der Waals surface area contributed by atoms with Crippen LogP contribution >= 0.6 is 22.7 Å². The van der Waals surface area contributed by atoms with Crippen LogP contribution in [0, 0.1) is 35.6 Å². The molecule has 0 aliphatic rings. The Morgan fingerprint density at radius 3 is 1.43 bits per heavy atom. The number of nitrogens with zero attached hydrogens (tertiary/aromatic N) is 2. The van der Waals surface area contributed by atoms with E-state index in [1.54, 1.807) is 0 Å². The summed E-state index contributed by atoms with van der Waals surface area (Å²) in [4.78, 5) is 43.6. The maximum atomic E-state index is 13.7. The van der Waals surface area contributed by atoms with Gasteiger partial charge in [-0.1, -0.05) is 59.1 Å². The Hall–Kier alpha value is -6.39. The van der Waals surface area contributed by atoms with Crippen molar-refractivity contribution in [1.29, 1.82) is 0 Å². The zero-order valence-electron chi connectivity index (χ0n) is 27.5. The van der Waals surface area contributed by atoms with Crippen molar-refractivity contribution < 1.29 is 58.3 Å². The maximum Gasteiger partial charge on any atom is 0.416 e. The van der Waals surface area contributed by atoms with Crippen LogP contribution < -0.4 is 10.6 Å². The van der Waals surface area contributed by atoms with Crippen molar-refractivity contribution in [3.8, 4) is 33.2 Å². The van der Waals surface area contributed by atoms with Gasteiger partial charge in [0.15, 0.2) is 16.5 Å². The highest BCUT2D eigenvalue weighted by atomic mass is 32.1. The molecule has 0 fully saturated rings. The molecule has 19 heteroatoms. The zero-order chi connectivity index (χ0) is 40.9. The summed E-state index contributed by atoms with van der Waals surface area (Å²) in [6.45, 7) is 0. The molecule has 0 radical (unpaired) electrons. The van der Waals surface area contributed by atoms with Crippen molar-refractivity contribution in [2.45, 2.75) is 12.4 Å². The van der Waals surface area contributed by atoms with Crippen LogP contribution in [0.2, 0.25) is 0 Å². The van der Waals surface area contributed by atoms with E-state index in [0.717, 1.165) is 72.0 Å².